The van der Waals surface area contributed by atoms with Crippen LogP contribution in [0.4, 0.5) is 13.2 Å². The second-order valence-corrected chi connectivity index (χ2v) is 9.28. The highest BCUT2D eigenvalue weighted by Gasteiger charge is 2.37. The van der Waals surface area contributed by atoms with E-state index < -0.39 is 11.9 Å². The Labute approximate surface area is 183 Å². The maximum atomic E-state index is 13.1. The van der Waals surface area contributed by atoms with Crippen molar-refractivity contribution < 1.29 is 13.2 Å². The van der Waals surface area contributed by atoms with Crippen LogP contribution in [0.2, 0.25) is 0 Å². The van der Waals surface area contributed by atoms with Gasteiger partial charge in [0.1, 0.15) is 15.9 Å². The summed E-state index contributed by atoms with van der Waals surface area (Å²) in [6, 6.07) is 3.21. The van der Waals surface area contributed by atoms with Gasteiger partial charge in [0, 0.05) is 35.7 Å². The molecule has 0 N–H and O–H groups in total. The SMILES string of the molecule is Cc1cc(C)c2c(n1)sc1c2ncn2nc(CCn3nc(C(F)(F)F)cc3C3CC3)nc12. The molecule has 0 unspecified atom stereocenters. The highest BCUT2D eigenvalue weighted by molar-refractivity contribution is 7.26. The van der Waals surface area contributed by atoms with Gasteiger partial charge in [0.15, 0.2) is 17.2 Å². The van der Waals surface area contributed by atoms with Gasteiger partial charge in [-0.3, -0.25) is 4.68 Å². The van der Waals surface area contributed by atoms with Crippen molar-refractivity contribution >= 4 is 37.4 Å². The summed E-state index contributed by atoms with van der Waals surface area (Å²) in [7, 11) is 0. The van der Waals surface area contributed by atoms with Crippen LogP contribution in [-0.2, 0) is 19.1 Å². The maximum absolute atomic E-state index is 13.1. The molecule has 1 aliphatic carbocycles. The summed E-state index contributed by atoms with van der Waals surface area (Å²) in [5.41, 5.74) is 3.40. The number of nitrogens with zero attached hydrogens (tertiary/aromatic N) is 7. The van der Waals surface area contributed by atoms with Crippen molar-refractivity contribution in [2.24, 2.45) is 0 Å². The van der Waals surface area contributed by atoms with Gasteiger partial charge < -0.3 is 0 Å². The number of rotatable bonds is 4. The van der Waals surface area contributed by atoms with E-state index in [2.05, 4.69) is 25.1 Å². The summed E-state index contributed by atoms with van der Waals surface area (Å²) in [5.74, 6) is 0.706. The Morgan fingerprint density at radius 1 is 1.12 bits per heavy atom. The van der Waals surface area contributed by atoms with Gasteiger partial charge in [0.05, 0.1) is 5.52 Å². The molecule has 1 aliphatic rings. The number of pyridine rings is 1. The Bertz CT molecular complexity index is 1510. The van der Waals surface area contributed by atoms with E-state index in [0.717, 1.165) is 44.5 Å². The molecule has 0 aromatic carbocycles. The number of aromatic nitrogens is 7. The van der Waals surface area contributed by atoms with Crippen molar-refractivity contribution in [1.29, 1.82) is 0 Å². The number of halogens is 3. The summed E-state index contributed by atoms with van der Waals surface area (Å²) in [6.07, 6.45) is -0.635. The lowest BCUT2D eigenvalue weighted by atomic mass is 10.1. The molecule has 6 rings (SSSR count). The van der Waals surface area contributed by atoms with Gasteiger partial charge in [0.25, 0.3) is 0 Å². The van der Waals surface area contributed by atoms with E-state index in [-0.39, 0.29) is 5.92 Å². The zero-order valence-electron chi connectivity index (χ0n) is 17.3. The third-order valence-corrected chi connectivity index (χ3v) is 6.85. The van der Waals surface area contributed by atoms with Gasteiger partial charge in [-0.15, -0.1) is 16.4 Å². The minimum absolute atomic E-state index is 0.161. The first kappa shape index (κ1) is 19.6. The molecule has 5 aromatic rings. The van der Waals surface area contributed by atoms with E-state index in [1.54, 1.807) is 10.8 Å². The zero-order valence-corrected chi connectivity index (χ0v) is 18.1. The minimum Gasteiger partial charge on any atom is -0.268 e. The second kappa shape index (κ2) is 6.71. The first-order valence-electron chi connectivity index (χ1n) is 10.3. The summed E-state index contributed by atoms with van der Waals surface area (Å²) >= 11 is 1.53. The van der Waals surface area contributed by atoms with Crippen LogP contribution in [0.1, 0.15) is 47.2 Å². The van der Waals surface area contributed by atoms with Crippen LogP contribution in [-0.4, -0.2) is 34.3 Å². The van der Waals surface area contributed by atoms with Crippen LogP contribution in [0.5, 0.6) is 0 Å². The lowest BCUT2D eigenvalue weighted by molar-refractivity contribution is -0.141. The largest absolute Gasteiger partial charge is 0.435 e. The van der Waals surface area contributed by atoms with Gasteiger partial charge in [-0.2, -0.15) is 18.3 Å². The molecule has 11 heteroatoms. The number of thiophene rings is 1. The van der Waals surface area contributed by atoms with E-state index in [0.29, 0.717) is 30.1 Å². The predicted octanol–water partition coefficient (Wildman–Crippen LogP) is 4.84. The average Bonchev–Trinajstić information content (AvgIpc) is 3.17. The molecule has 0 bridgehead atoms. The van der Waals surface area contributed by atoms with Crippen molar-refractivity contribution in [1.82, 2.24) is 34.3 Å². The summed E-state index contributed by atoms with van der Waals surface area (Å²) < 4.78 is 43.4. The van der Waals surface area contributed by atoms with Gasteiger partial charge in [-0.1, -0.05) is 0 Å². The lowest BCUT2D eigenvalue weighted by Crippen LogP contribution is -2.10. The molecule has 0 aliphatic heterocycles. The Balaban J connectivity index is 1.36. The van der Waals surface area contributed by atoms with Gasteiger partial charge in [-0.05, 0) is 44.4 Å². The van der Waals surface area contributed by atoms with E-state index >= 15 is 0 Å². The molecule has 5 heterocycles. The van der Waals surface area contributed by atoms with Gasteiger partial charge in [0.2, 0.25) is 0 Å². The van der Waals surface area contributed by atoms with Crippen molar-refractivity contribution in [3.05, 3.63) is 46.9 Å². The molecule has 164 valence electrons. The fraction of sp³-hybridized carbons (Fsp3) is 0.381. The molecule has 0 spiro atoms. The van der Waals surface area contributed by atoms with Crippen LogP contribution in [0.25, 0.3) is 26.1 Å². The maximum Gasteiger partial charge on any atom is 0.435 e. The fourth-order valence-corrected chi connectivity index (χ4v) is 5.41. The first-order chi connectivity index (χ1) is 15.3. The minimum atomic E-state index is -4.45. The third kappa shape index (κ3) is 3.14. The fourth-order valence-electron chi connectivity index (χ4n) is 4.18. The van der Waals surface area contributed by atoms with E-state index in [4.69, 9.17) is 0 Å². The first-order valence-corrected chi connectivity index (χ1v) is 11.2. The molecular formula is C21H18F3N7S. The van der Waals surface area contributed by atoms with Gasteiger partial charge in [-0.25, -0.2) is 19.5 Å². The summed E-state index contributed by atoms with van der Waals surface area (Å²) in [5, 5.41) is 9.34. The zero-order chi connectivity index (χ0) is 22.2. The predicted molar refractivity (Wildman–Crippen MR) is 114 cm³/mol. The third-order valence-electron chi connectivity index (χ3n) is 5.78. The standard InChI is InChI=1S/C21H18F3N7S/c1-10-7-11(2)26-20-16(10)17-18(32-20)19-27-15(29-31(19)9-25-17)5-6-30-13(12-3-4-12)8-14(28-30)21(22,23)24/h7-9,12H,3-6H2,1-2H3. The molecule has 1 saturated carbocycles. The topological polar surface area (TPSA) is 73.8 Å². The van der Waals surface area contributed by atoms with Crippen molar-refractivity contribution in [2.75, 3.05) is 0 Å². The second-order valence-electron chi connectivity index (χ2n) is 8.28. The quantitative estimate of drug-likeness (QED) is 0.386. The lowest BCUT2D eigenvalue weighted by Gasteiger charge is -2.04. The van der Waals surface area contributed by atoms with Crippen molar-refractivity contribution in [3.8, 4) is 0 Å². The number of aryl methyl sites for hydroxylation is 4. The molecule has 0 amide bonds. The highest BCUT2D eigenvalue weighted by Crippen LogP contribution is 2.42. The van der Waals surface area contributed by atoms with Crippen LogP contribution in [0, 0.1) is 13.8 Å². The normalized spacial score (nSPS) is 14.9. The monoisotopic (exact) mass is 457 g/mol. The van der Waals surface area contributed by atoms with Crippen LogP contribution in [0.3, 0.4) is 0 Å². The van der Waals surface area contributed by atoms with Crippen molar-refractivity contribution in [3.63, 3.8) is 0 Å². The van der Waals surface area contributed by atoms with Crippen LogP contribution < -0.4 is 0 Å². The van der Waals surface area contributed by atoms with Gasteiger partial charge >= 0.3 is 6.18 Å². The summed E-state index contributed by atoms with van der Waals surface area (Å²) in [4.78, 5) is 14.8. The molecule has 32 heavy (non-hydrogen) atoms. The smallest absolute Gasteiger partial charge is 0.268 e. The molecule has 7 nitrogen and oxygen atoms in total. The Hall–Kier alpha value is -3.08. The Kier molecular flexibility index (Phi) is 4.11. The molecule has 0 radical (unpaired) electrons. The summed E-state index contributed by atoms with van der Waals surface area (Å²) in [6.45, 7) is 4.30. The highest BCUT2D eigenvalue weighted by atomic mass is 32.1. The molecule has 0 saturated heterocycles. The van der Waals surface area contributed by atoms with Crippen molar-refractivity contribution in [2.45, 2.75) is 51.7 Å². The number of alkyl halides is 3. The molecular weight excluding hydrogens is 439 g/mol. The number of fused-ring (bicyclic) bond motifs is 5. The Morgan fingerprint density at radius 3 is 2.69 bits per heavy atom. The van der Waals surface area contributed by atoms with Crippen LogP contribution >= 0.6 is 11.3 Å². The van der Waals surface area contributed by atoms with Crippen LogP contribution in [0.15, 0.2) is 18.5 Å². The van der Waals surface area contributed by atoms with E-state index in [1.807, 2.05) is 19.9 Å². The molecule has 5 aromatic heterocycles. The van der Waals surface area contributed by atoms with E-state index in [9.17, 15) is 13.2 Å². The van der Waals surface area contributed by atoms with E-state index in [1.165, 1.54) is 22.1 Å². The Morgan fingerprint density at radius 2 is 1.94 bits per heavy atom. The number of hydrogen-bond acceptors (Lipinski definition) is 6. The molecule has 0 atom stereocenters. The average molecular weight is 457 g/mol. The number of hydrogen-bond donors (Lipinski definition) is 0. The molecule has 1 fully saturated rings.